The van der Waals surface area contributed by atoms with Gasteiger partial charge in [0.2, 0.25) is 11.8 Å². The monoisotopic (exact) mass is 310 g/mol. The van der Waals surface area contributed by atoms with Gasteiger partial charge in [-0.15, -0.1) is 12.4 Å². The van der Waals surface area contributed by atoms with E-state index < -0.39 is 17.9 Å². The molecule has 0 bridgehead atoms. The van der Waals surface area contributed by atoms with Crippen LogP contribution in [0, 0.1) is 0 Å². The molecule has 0 aliphatic heterocycles. The molecule has 1 aromatic carbocycles. The Morgan fingerprint density at radius 1 is 1.29 bits per heavy atom. The van der Waals surface area contributed by atoms with Crippen LogP contribution < -0.4 is 17.2 Å². The minimum Gasteiger partial charge on any atom is -0.368 e. The van der Waals surface area contributed by atoms with Crippen LogP contribution in [-0.4, -0.2) is 22.9 Å². The number of aromatic nitrogens is 1. The number of hydrogen-bond donors (Lipinski definition) is 3. The summed E-state index contributed by atoms with van der Waals surface area (Å²) in [6, 6.07) is 4.67. The van der Waals surface area contributed by atoms with Gasteiger partial charge in [0.05, 0.1) is 0 Å². The molecular formula is C14H19ClN4O2. The van der Waals surface area contributed by atoms with Crippen molar-refractivity contribution in [3.8, 4) is 0 Å². The van der Waals surface area contributed by atoms with E-state index in [1.807, 2.05) is 6.20 Å². The molecule has 1 aromatic heterocycles. The van der Waals surface area contributed by atoms with E-state index >= 15 is 0 Å². The molecule has 2 aromatic rings. The van der Waals surface area contributed by atoms with Gasteiger partial charge in [0.15, 0.2) is 0 Å². The standard InChI is InChI=1S/C14H18N4O2.ClH/c1-8(13(16)19)18-7-10(4-5-15)11-6-9(14(17)20)2-3-12(11)18;/h2-3,6-8H,4-5,15H2,1H3,(H2,16,19)(H2,17,20);1H. The Labute approximate surface area is 128 Å². The van der Waals surface area contributed by atoms with Crippen molar-refractivity contribution in [3.63, 3.8) is 0 Å². The molecule has 0 saturated heterocycles. The summed E-state index contributed by atoms with van der Waals surface area (Å²) < 4.78 is 1.80. The van der Waals surface area contributed by atoms with Gasteiger partial charge in [-0.1, -0.05) is 0 Å². The van der Waals surface area contributed by atoms with E-state index in [1.54, 1.807) is 29.7 Å². The highest BCUT2D eigenvalue weighted by atomic mass is 35.5. The Bertz CT molecular complexity index is 681. The van der Waals surface area contributed by atoms with Gasteiger partial charge in [0, 0.05) is 22.7 Å². The number of rotatable bonds is 5. The third-order valence-electron chi connectivity index (χ3n) is 3.44. The fourth-order valence-electron chi connectivity index (χ4n) is 2.29. The van der Waals surface area contributed by atoms with E-state index in [4.69, 9.17) is 17.2 Å². The lowest BCUT2D eigenvalue weighted by Crippen LogP contribution is -2.23. The predicted molar refractivity (Wildman–Crippen MR) is 84.4 cm³/mol. The van der Waals surface area contributed by atoms with Crippen molar-refractivity contribution < 1.29 is 9.59 Å². The maximum atomic E-state index is 11.4. The van der Waals surface area contributed by atoms with E-state index in [0.29, 0.717) is 18.5 Å². The molecule has 0 aliphatic rings. The molecule has 114 valence electrons. The molecule has 7 heteroatoms. The summed E-state index contributed by atoms with van der Waals surface area (Å²) in [5.74, 6) is -0.901. The van der Waals surface area contributed by atoms with E-state index in [0.717, 1.165) is 16.5 Å². The summed E-state index contributed by atoms with van der Waals surface area (Å²) in [4.78, 5) is 22.7. The van der Waals surface area contributed by atoms with Crippen molar-refractivity contribution in [3.05, 3.63) is 35.5 Å². The maximum Gasteiger partial charge on any atom is 0.248 e. The molecule has 0 saturated carbocycles. The summed E-state index contributed by atoms with van der Waals surface area (Å²) >= 11 is 0. The second-order valence-corrected chi connectivity index (χ2v) is 4.77. The normalized spacial score (nSPS) is 11.9. The predicted octanol–water partition coefficient (Wildman–Crippen LogP) is 0.709. The number of carbonyl (C=O) groups is 2. The molecule has 21 heavy (non-hydrogen) atoms. The van der Waals surface area contributed by atoms with Crippen molar-refractivity contribution in [2.24, 2.45) is 17.2 Å². The number of benzene rings is 1. The van der Waals surface area contributed by atoms with Crippen LogP contribution in [-0.2, 0) is 11.2 Å². The molecule has 0 aliphatic carbocycles. The lowest BCUT2D eigenvalue weighted by molar-refractivity contribution is -0.120. The van der Waals surface area contributed by atoms with Crippen LogP contribution in [0.1, 0.15) is 28.9 Å². The summed E-state index contributed by atoms with van der Waals surface area (Å²) in [7, 11) is 0. The lowest BCUT2D eigenvalue weighted by atomic mass is 10.1. The maximum absolute atomic E-state index is 11.4. The van der Waals surface area contributed by atoms with Crippen LogP contribution in [0.2, 0.25) is 0 Å². The van der Waals surface area contributed by atoms with Crippen molar-refractivity contribution in [1.82, 2.24) is 4.57 Å². The van der Waals surface area contributed by atoms with Crippen molar-refractivity contribution in [2.75, 3.05) is 6.54 Å². The molecule has 0 fully saturated rings. The highest BCUT2D eigenvalue weighted by Gasteiger charge is 2.17. The van der Waals surface area contributed by atoms with Crippen LogP contribution in [0.4, 0.5) is 0 Å². The van der Waals surface area contributed by atoms with Crippen molar-refractivity contribution in [2.45, 2.75) is 19.4 Å². The molecule has 0 radical (unpaired) electrons. The number of amides is 2. The van der Waals surface area contributed by atoms with Gasteiger partial charge in [0.25, 0.3) is 0 Å². The minimum absolute atomic E-state index is 0. The topological polar surface area (TPSA) is 117 Å². The van der Waals surface area contributed by atoms with Crippen LogP contribution in [0.25, 0.3) is 10.9 Å². The molecule has 0 spiro atoms. The largest absolute Gasteiger partial charge is 0.368 e. The third kappa shape index (κ3) is 3.17. The average Bonchev–Trinajstić information content (AvgIpc) is 2.76. The Kier molecular flexibility index (Phi) is 5.34. The fraction of sp³-hybridized carbons (Fsp3) is 0.286. The first-order valence-corrected chi connectivity index (χ1v) is 6.38. The molecule has 2 rings (SSSR count). The number of hydrogen-bond acceptors (Lipinski definition) is 3. The molecule has 1 atom stereocenters. The Balaban J connectivity index is 0.00000220. The smallest absolute Gasteiger partial charge is 0.248 e. The Morgan fingerprint density at radius 3 is 2.48 bits per heavy atom. The quantitative estimate of drug-likeness (QED) is 0.754. The van der Waals surface area contributed by atoms with Gasteiger partial charge in [-0.25, -0.2) is 0 Å². The molecule has 6 N–H and O–H groups in total. The number of primary amides is 2. The first kappa shape index (κ1) is 17.0. The highest BCUT2D eigenvalue weighted by molar-refractivity contribution is 5.98. The number of fused-ring (bicyclic) bond motifs is 1. The molecule has 6 nitrogen and oxygen atoms in total. The van der Waals surface area contributed by atoms with Gasteiger partial charge in [-0.2, -0.15) is 0 Å². The molecular weight excluding hydrogens is 292 g/mol. The van der Waals surface area contributed by atoms with Gasteiger partial charge in [-0.3, -0.25) is 9.59 Å². The summed E-state index contributed by atoms with van der Waals surface area (Å²) in [6.45, 7) is 2.21. The van der Waals surface area contributed by atoms with Gasteiger partial charge in [0.1, 0.15) is 6.04 Å². The van der Waals surface area contributed by atoms with Crippen LogP contribution in [0.3, 0.4) is 0 Å². The zero-order chi connectivity index (χ0) is 14.9. The van der Waals surface area contributed by atoms with Crippen molar-refractivity contribution in [1.29, 1.82) is 0 Å². The van der Waals surface area contributed by atoms with E-state index in [2.05, 4.69) is 0 Å². The Hall–Kier alpha value is -2.05. The van der Waals surface area contributed by atoms with Crippen LogP contribution in [0.15, 0.2) is 24.4 Å². The summed E-state index contributed by atoms with van der Waals surface area (Å²) in [6.07, 6.45) is 2.51. The van der Waals surface area contributed by atoms with E-state index in [-0.39, 0.29) is 12.4 Å². The fourth-order valence-corrected chi connectivity index (χ4v) is 2.29. The zero-order valence-electron chi connectivity index (χ0n) is 11.7. The van der Waals surface area contributed by atoms with Crippen LogP contribution in [0.5, 0.6) is 0 Å². The Morgan fingerprint density at radius 2 is 1.95 bits per heavy atom. The molecule has 1 unspecified atom stereocenters. The van der Waals surface area contributed by atoms with Gasteiger partial charge < -0.3 is 21.8 Å². The highest BCUT2D eigenvalue weighted by Crippen LogP contribution is 2.26. The van der Waals surface area contributed by atoms with Gasteiger partial charge in [-0.05, 0) is 43.7 Å². The van der Waals surface area contributed by atoms with Crippen molar-refractivity contribution >= 4 is 35.1 Å². The second kappa shape index (κ2) is 6.60. The SMILES string of the molecule is CC(C(N)=O)n1cc(CCN)c2cc(C(N)=O)ccc21.Cl. The minimum atomic E-state index is -0.485. The number of halogens is 1. The first-order valence-electron chi connectivity index (χ1n) is 6.38. The number of carbonyl (C=O) groups excluding carboxylic acids is 2. The second-order valence-electron chi connectivity index (χ2n) is 4.77. The summed E-state index contributed by atoms with van der Waals surface area (Å²) in [5.41, 5.74) is 18.5. The first-order chi connectivity index (χ1) is 9.45. The van der Waals surface area contributed by atoms with E-state index in [9.17, 15) is 9.59 Å². The third-order valence-corrected chi connectivity index (χ3v) is 3.44. The van der Waals surface area contributed by atoms with Crippen LogP contribution >= 0.6 is 12.4 Å². The van der Waals surface area contributed by atoms with Gasteiger partial charge >= 0.3 is 0 Å². The molecule has 1 heterocycles. The number of nitrogens with two attached hydrogens (primary N) is 3. The average molecular weight is 311 g/mol. The number of nitrogens with zero attached hydrogens (tertiary/aromatic N) is 1. The van der Waals surface area contributed by atoms with E-state index in [1.165, 1.54) is 0 Å². The lowest BCUT2D eigenvalue weighted by Gasteiger charge is -2.11. The molecule has 2 amide bonds. The zero-order valence-corrected chi connectivity index (χ0v) is 12.5. The summed E-state index contributed by atoms with van der Waals surface area (Å²) in [5, 5.41) is 0.875.